The second-order valence-corrected chi connectivity index (χ2v) is 4.75. The van der Waals surface area contributed by atoms with Crippen molar-refractivity contribution < 1.29 is 29.4 Å². The van der Waals surface area contributed by atoms with Gasteiger partial charge in [-0.3, -0.25) is 20.2 Å². The fraction of sp³-hybridized carbons (Fsp3) is 0.143. The standard InChI is InChI=1S/C14H10N2O8/c17-15(18)11-5-1-3-9(7-11)13-21-23-14(24-22-13)10-4-2-6-12(8-10)16(19)20/h1-8,13-14H. The number of non-ortho nitro benzene ring substituents is 2. The molecular formula is C14H10N2O8. The van der Waals surface area contributed by atoms with Gasteiger partial charge in [0, 0.05) is 35.4 Å². The molecule has 0 bridgehead atoms. The first kappa shape index (κ1) is 16.0. The molecule has 1 fully saturated rings. The molecule has 0 amide bonds. The van der Waals surface area contributed by atoms with Crippen LogP contribution in [0.2, 0.25) is 0 Å². The molecule has 0 aliphatic carbocycles. The minimum atomic E-state index is -1.13. The Morgan fingerprint density at radius 1 is 0.708 bits per heavy atom. The predicted octanol–water partition coefficient (Wildman–Crippen LogP) is 3.11. The lowest BCUT2D eigenvalue weighted by Gasteiger charge is -2.26. The molecule has 124 valence electrons. The maximum absolute atomic E-state index is 10.8. The quantitative estimate of drug-likeness (QED) is 0.474. The number of nitrogens with zero attached hydrogens (tertiary/aromatic N) is 2. The predicted molar refractivity (Wildman–Crippen MR) is 76.0 cm³/mol. The highest BCUT2D eigenvalue weighted by Gasteiger charge is 2.29. The van der Waals surface area contributed by atoms with E-state index in [2.05, 4.69) is 0 Å². The van der Waals surface area contributed by atoms with Crippen molar-refractivity contribution in [1.29, 1.82) is 0 Å². The highest BCUT2D eigenvalue weighted by molar-refractivity contribution is 5.35. The summed E-state index contributed by atoms with van der Waals surface area (Å²) in [4.78, 5) is 40.5. The Bertz CT molecular complexity index is 707. The Morgan fingerprint density at radius 2 is 1.08 bits per heavy atom. The van der Waals surface area contributed by atoms with E-state index in [1.54, 1.807) is 0 Å². The van der Waals surface area contributed by atoms with Crippen molar-refractivity contribution in [1.82, 2.24) is 0 Å². The Labute approximate surface area is 134 Å². The topological polar surface area (TPSA) is 123 Å². The average Bonchev–Trinajstić information content (AvgIpc) is 2.62. The van der Waals surface area contributed by atoms with Gasteiger partial charge in [0.1, 0.15) is 0 Å². The van der Waals surface area contributed by atoms with E-state index < -0.39 is 22.4 Å². The summed E-state index contributed by atoms with van der Waals surface area (Å²) in [5.41, 5.74) is 0.365. The van der Waals surface area contributed by atoms with E-state index in [4.69, 9.17) is 19.6 Å². The van der Waals surface area contributed by atoms with Gasteiger partial charge in [-0.15, -0.1) is 0 Å². The van der Waals surface area contributed by atoms with Crippen LogP contribution in [0, 0.1) is 20.2 Å². The van der Waals surface area contributed by atoms with Crippen LogP contribution < -0.4 is 0 Å². The van der Waals surface area contributed by atoms with Crippen LogP contribution in [-0.2, 0) is 19.6 Å². The van der Waals surface area contributed by atoms with E-state index in [9.17, 15) is 20.2 Å². The molecule has 10 nitrogen and oxygen atoms in total. The second-order valence-electron chi connectivity index (χ2n) is 4.75. The molecule has 0 saturated carbocycles. The molecular weight excluding hydrogens is 324 g/mol. The maximum atomic E-state index is 10.8. The third-order valence-electron chi connectivity index (χ3n) is 3.17. The lowest BCUT2D eigenvalue weighted by Crippen LogP contribution is -2.22. The average molecular weight is 334 g/mol. The largest absolute Gasteiger partial charge is 0.269 e. The van der Waals surface area contributed by atoms with Crippen LogP contribution in [-0.4, -0.2) is 9.85 Å². The molecule has 1 heterocycles. The van der Waals surface area contributed by atoms with Crippen LogP contribution >= 0.6 is 0 Å². The maximum Gasteiger partial charge on any atom is 0.269 e. The first-order chi connectivity index (χ1) is 11.5. The van der Waals surface area contributed by atoms with E-state index >= 15 is 0 Å². The zero-order valence-electron chi connectivity index (χ0n) is 11.9. The minimum Gasteiger partial charge on any atom is -0.258 e. The fourth-order valence-electron chi connectivity index (χ4n) is 2.03. The van der Waals surface area contributed by atoms with Gasteiger partial charge < -0.3 is 0 Å². The van der Waals surface area contributed by atoms with Crippen molar-refractivity contribution in [2.75, 3.05) is 0 Å². The summed E-state index contributed by atoms with van der Waals surface area (Å²) in [5.74, 6) is 0. The van der Waals surface area contributed by atoms with Gasteiger partial charge in [0.25, 0.3) is 11.4 Å². The molecule has 2 aromatic carbocycles. The summed E-state index contributed by atoms with van der Waals surface area (Å²) in [6.07, 6.45) is -2.25. The number of hydrogen-bond donors (Lipinski definition) is 0. The molecule has 0 N–H and O–H groups in total. The lowest BCUT2D eigenvalue weighted by molar-refractivity contribution is -0.600. The van der Waals surface area contributed by atoms with Crippen molar-refractivity contribution in [3.05, 3.63) is 79.9 Å². The van der Waals surface area contributed by atoms with Gasteiger partial charge in [0.2, 0.25) is 12.6 Å². The van der Waals surface area contributed by atoms with Crippen molar-refractivity contribution >= 4 is 11.4 Å². The SMILES string of the molecule is O=[N+]([O-])c1cccc(C2OOC(c3cccc([N+](=O)[O-])c3)OO2)c1. The summed E-state index contributed by atoms with van der Waals surface area (Å²) in [7, 11) is 0. The van der Waals surface area contributed by atoms with Crippen LogP contribution in [0.5, 0.6) is 0 Å². The Hall–Kier alpha value is -2.92. The van der Waals surface area contributed by atoms with Crippen LogP contribution in [0.25, 0.3) is 0 Å². The highest BCUT2D eigenvalue weighted by atomic mass is 17.4. The molecule has 0 spiro atoms. The molecule has 24 heavy (non-hydrogen) atoms. The van der Waals surface area contributed by atoms with E-state index in [1.807, 2.05) is 0 Å². The Kier molecular flexibility index (Phi) is 4.44. The van der Waals surface area contributed by atoms with Gasteiger partial charge >= 0.3 is 0 Å². The molecule has 3 rings (SSSR count). The lowest BCUT2D eigenvalue weighted by atomic mass is 10.2. The number of nitro benzene ring substituents is 2. The monoisotopic (exact) mass is 334 g/mol. The van der Waals surface area contributed by atoms with E-state index in [1.165, 1.54) is 48.5 Å². The molecule has 0 unspecified atom stereocenters. The molecule has 0 atom stereocenters. The van der Waals surface area contributed by atoms with E-state index in [-0.39, 0.29) is 11.4 Å². The van der Waals surface area contributed by atoms with Gasteiger partial charge in [-0.25, -0.2) is 0 Å². The van der Waals surface area contributed by atoms with Gasteiger partial charge in [-0.05, 0) is 0 Å². The van der Waals surface area contributed by atoms with Crippen molar-refractivity contribution in [3.8, 4) is 0 Å². The molecule has 1 aliphatic rings. The zero-order valence-corrected chi connectivity index (χ0v) is 11.9. The fourth-order valence-corrected chi connectivity index (χ4v) is 2.03. The third kappa shape index (κ3) is 3.36. The van der Waals surface area contributed by atoms with Crippen molar-refractivity contribution in [2.24, 2.45) is 0 Å². The van der Waals surface area contributed by atoms with Gasteiger partial charge in [0.15, 0.2) is 0 Å². The molecule has 2 aromatic rings. The minimum absolute atomic E-state index is 0.138. The second kappa shape index (κ2) is 6.68. The molecule has 1 aliphatic heterocycles. The summed E-state index contributed by atoms with van der Waals surface area (Å²) in [6.45, 7) is 0. The molecule has 0 aromatic heterocycles. The Morgan fingerprint density at radius 3 is 1.42 bits per heavy atom. The van der Waals surface area contributed by atoms with Crippen molar-refractivity contribution in [2.45, 2.75) is 12.6 Å². The number of rotatable bonds is 4. The normalized spacial score (nSPS) is 20.5. The summed E-state index contributed by atoms with van der Waals surface area (Å²) >= 11 is 0. The van der Waals surface area contributed by atoms with Gasteiger partial charge in [-0.1, -0.05) is 24.3 Å². The third-order valence-corrected chi connectivity index (χ3v) is 3.17. The number of hydrogen-bond acceptors (Lipinski definition) is 8. The number of nitro groups is 2. The smallest absolute Gasteiger partial charge is 0.258 e. The highest BCUT2D eigenvalue weighted by Crippen LogP contribution is 2.34. The van der Waals surface area contributed by atoms with Crippen LogP contribution in [0.3, 0.4) is 0 Å². The van der Waals surface area contributed by atoms with Crippen molar-refractivity contribution in [3.63, 3.8) is 0 Å². The van der Waals surface area contributed by atoms with Crippen LogP contribution in [0.15, 0.2) is 48.5 Å². The zero-order chi connectivity index (χ0) is 17.1. The van der Waals surface area contributed by atoms with E-state index in [0.29, 0.717) is 11.1 Å². The van der Waals surface area contributed by atoms with Gasteiger partial charge in [0.05, 0.1) is 9.85 Å². The summed E-state index contributed by atoms with van der Waals surface area (Å²) in [6, 6.07) is 11.2. The molecule has 10 heteroatoms. The first-order valence-corrected chi connectivity index (χ1v) is 6.67. The summed E-state index contributed by atoms with van der Waals surface area (Å²) in [5, 5.41) is 21.5. The summed E-state index contributed by atoms with van der Waals surface area (Å²) < 4.78 is 0. The van der Waals surface area contributed by atoms with Crippen LogP contribution in [0.4, 0.5) is 11.4 Å². The van der Waals surface area contributed by atoms with E-state index in [0.717, 1.165) is 0 Å². The van der Waals surface area contributed by atoms with Crippen LogP contribution in [0.1, 0.15) is 23.7 Å². The first-order valence-electron chi connectivity index (χ1n) is 6.67. The van der Waals surface area contributed by atoms with Gasteiger partial charge in [-0.2, -0.15) is 19.6 Å². The Balaban J connectivity index is 1.70. The number of benzene rings is 2. The molecule has 0 radical (unpaired) electrons. The molecule has 1 saturated heterocycles.